The van der Waals surface area contributed by atoms with Gasteiger partial charge in [-0.3, -0.25) is 14.9 Å². The molecule has 2 aromatic rings. The van der Waals surface area contributed by atoms with Crippen LogP contribution in [0.4, 0.5) is 20.2 Å². The molecule has 1 unspecified atom stereocenters. The Bertz CT molecular complexity index is 825. The Morgan fingerprint density at radius 2 is 1.84 bits per heavy atom. The van der Waals surface area contributed by atoms with E-state index in [1.165, 1.54) is 24.3 Å². The summed E-state index contributed by atoms with van der Waals surface area (Å²) in [6.45, 7) is 1.61. The van der Waals surface area contributed by atoms with Crippen molar-refractivity contribution in [1.82, 2.24) is 5.32 Å². The molecular formula is C17H17F2N3O3. The molecule has 0 aliphatic heterocycles. The Hall–Kier alpha value is -3.03. The van der Waals surface area contributed by atoms with Crippen LogP contribution in [0.25, 0.3) is 0 Å². The Kier molecular flexibility index (Phi) is 5.31. The number of nitro benzene ring substituents is 1. The second-order valence-electron chi connectivity index (χ2n) is 5.72. The van der Waals surface area contributed by atoms with Crippen LogP contribution in [-0.2, 0) is 0 Å². The maximum atomic E-state index is 13.3. The van der Waals surface area contributed by atoms with E-state index in [4.69, 9.17) is 0 Å². The molecule has 6 nitrogen and oxygen atoms in total. The second kappa shape index (κ2) is 7.25. The number of non-ortho nitro benzene ring substituents is 1. The number of nitro groups is 1. The fourth-order valence-electron chi connectivity index (χ4n) is 2.35. The Labute approximate surface area is 143 Å². The van der Waals surface area contributed by atoms with Gasteiger partial charge in [0.2, 0.25) is 0 Å². The monoisotopic (exact) mass is 349 g/mol. The molecule has 0 aliphatic carbocycles. The largest absolute Gasteiger partial charge is 0.377 e. The zero-order valence-electron chi connectivity index (χ0n) is 13.9. The predicted molar refractivity (Wildman–Crippen MR) is 89.7 cm³/mol. The van der Waals surface area contributed by atoms with Gasteiger partial charge < -0.3 is 10.2 Å². The van der Waals surface area contributed by atoms with Crippen molar-refractivity contribution in [3.8, 4) is 0 Å². The van der Waals surface area contributed by atoms with E-state index in [2.05, 4.69) is 5.32 Å². The van der Waals surface area contributed by atoms with Gasteiger partial charge in [0, 0.05) is 31.9 Å². The molecule has 132 valence electrons. The molecule has 0 aromatic heterocycles. The quantitative estimate of drug-likeness (QED) is 0.663. The van der Waals surface area contributed by atoms with Crippen LogP contribution >= 0.6 is 0 Å². The summed E-state index contributed by atoms with van der Waals surface area (Å²) in [5.74, 6) is -2.54. The van der Waals surface area contributed by atoms with Crippen LogP contribution in [-0.4, -0.2) is 24.9 Å². The minimum absolute atomic E-state index is 0.119. The molecule has 1 atom stereocenters. The third kappa shape index (κ3) is 4.09. The summed E-state index contributed by atoms with van der Waals surface area (Å²) in [7, 11) is 3.41. The topological polar surface area (TPSA) is 75.5 Å². The normalized spacial score (nSPS) is 11.7. The molecule has 0 saturated carbocycles. The van der Waals surface area contributed by atoms with Gasteiger partial charge in [-0.15, -0.1) is 0 Å². The minimum atomic E-state index is -1.01. The van der Waals surface area contributed by atoms with Crippen molar-refractivity contribution in [3.63, 3.8) is 0 Å². The van der Waals surface area contributed by atoms with Gasteiger partial charge >= 0.3 is 0 Å². The lowest BCUT2D eigenvalue weighted by atomic mass is 10.1. The fourth-order valence-corrected chi connectivity index (χ4v) is 2.35. The molecule has 0 spiro atoms. The first-order valence-corrected chi connectivity index (χ1v) is 7.42. The first-order chi connectivity index (χ1) is 11.7. The number of carbonyl (C=O) groups is 1. The van der Waals surface area contributed by atoms with Crippen molar-refractivity contribution in [3.05, 3.63) is 69.3 Å². The molecule has 2 aromatic carbocycles. The molecule has 0 saturated heterocycles. The van der Waals surface area contributed by atoms with E-state index in [1.807, 2.05) is 0 Å². The van der Waals surface area contributed by atoms with Crippen molar-refractivity contribution in [1.29, 1.82) is 0 Å². The van der Waals surface area contributed by atoms with E-state index < -0.39 is 28.5 Å². The van der Waals surface area contributed by atoms with Crippen LogP contribution in [0.15, 0.2) is 36.4 Å². The Balaban J connectivity index is 2.31. The summed E-state index contributed by atoms with van der Waals surface area (Å²) in [5.41, 5.74) is 0.787. The maximum absolute atomic E-state index is 13.3. The highest BCUT2D eigenvalue weighted by Crippen LogP contribution is 2.25. The van der Waals surface area contributed by atoms with Crippen molar-refractivity contribution in [2.75, 3.05) is 19.0 Å². The predicted octanol–water partition coefficient (Wildman–Crippen LogP) is 3.43. The average molecular weight is 349 g/mol. The first kappa shape index (κ1) is 18.3. The van der Waals surface area contributed by atoms with Crippen LogP contribution < -0.4 is 10.2 Å². The molecule has 2 rings (SSSR count). The molecule has 1 amide bonds. The number of carbonyl (C=O) groups excluding carboxylic acids is 1. The summed E-state index contributed by atoms with van der Waals surface area (Å²) in [4.78, 5) is 24.6. The summed E-state index contributed by atoms with van der Waals surface area (Å²) < 4.78 is 26.4. The fraction of sp³-hybridized carbons (Fsp3) is 0.235. The molecule has 0 radical (unpaired) electrons. The minimum Gasteiger partial charge on any atom is -0.377 e. The zero-order valence-corrected chi connectivity index (χ0v) is 13.9. The lowest BCUT2D eigenvalue weighted by Gasteiger charge is -2.19. The number of anilines is 1. The van der Waals surface area contributed by atoms with Gasteiger partial charge in [0.15, 0.2) is 11.6 Å². The SMILES string of the molecule is CC(NC(=O)c1cc([N+](=O)[O-])ccc1N(C)C)c1ccc(F)c(F)c1. The first-order valence-electron chi connectivity index (χ1n) is 7.42. The van der Waals surface area contributed by atoms with Crippen LogP contribution in [0.2, 0.25) is 0 Å². The molecule has 8 heteroatoms. The van der Waals surface area contributed by atoms with Gasteiger partial charge in [0.05, 0.1) is 16.5 Å². The third-order valence-corrected chi connectivity index (χ3v) is 3.71. The number of halogens is 2. The van der Waals surface area contributed by atoms with Crippen molar-refractivity contribution in [2.45, 2.75) is 13.0 Å². The average Bonchev–Trinajstić information content (AvgIpc) is 2.56. The molecule has 0 aliphatic rings. The Morgan fingerprint density at radius 1 is 1.16 bits per heavy atom. The van der Waals surface area contributed by atoms with E-state index in [0.29, 0.717) is 11.3 Å². The van der Waals surface area contributed by atoms with Crippen LogP contribution in [0, 0.1) is 21.7 Å². The summed E-state index contributed by atoms with van der Waals surface area (Å²) >= 11 is 0. The standard InChI is InChI=1S/C17H17F2N3O3/c1-10(11-4-6-14(18)15(19)8-11)20-17(23)13-9-12(22(24)25)5-7-16(13)21(2)3/h4-10H,1-3H3,(H,20,23). The molecular weight excluding hydrogens is 332 g/mol. The number of hydrogen-bond donors (Lipinski definition) is 1. The van der Waals surface area contributed by atoms with Crippen LogP contribution in [0.3, 0.4) is 0 Å². The van der Waals surface area contributed by atoms with Gasteiger partial charge in [-0.25, -0.2) is 8.78 Å². The maximum Gasteiger partial charge on any atom is 0.270 e. The third-order valence-electron chi connectivity index (χ3n) is 3.71. The second-order valence-corrected chi connectivity index (χ2v) is 5.72. The van der Waals surface area contributed by atoms with E-state index >= 15 is 0 Å². The molecule has 0 fully saturated rings. The van der Waals surface area contributed by atoms with Gasteiger partial charge in [-0.05, 0) is 30.7 Å². The Morgan fingerprint density at radius 3 is 2.40 bits per heavy atom. The number of amides is 1. The van der Waals surface area contributed by atoms with E-state index in [9.17, 15) is 23.7 Å². The molecule has 0 bridgehead atoms. The molecule has 1 N–H and O–H groups in total. The highest BCUT2D eigenvalue weighted by Gasteiger charge is 2.20. The summed E-state index contributed by atoms with van der Waals surface area (Å²) in [5, 5.41) is 13.6. The van der Waals surface area contributed by atoms with Crippen LogP contribution in [0.5, 0.6) is 0 Å². The van der Waals surface area contributed by atoms with Crippen molar-refractivity contribution < 1.29 is 18.5 Å². The summed E-state index contributed by atoms with van der Waals surface area (Å²) in [6, 6.07) is 6.70. The van der Waals surface area contributed by atoms with E-state index in [-0.39, 0.29) is 11.3 Å². The van der Waals surface area contributed by atoms with Gasteiger partial charge in [-0.1, -0.05) is 6.07 Å². The summed E-state index contributed by atoms with van der Waals surface area (Å²) in [6.07, 6.45) is 0. The smallest absolute Gasteiger partial charge is 0.270 e. The van der Waals surface area contributed by atoms with Gasteiger partial charge in [-0.2, -0.15) is 0 Å². The zero-order chi connectivity index (χ0) is 18.7. The van der Waals surface area contributed by atoms with Crippen molar-refractivity contribution >= 4 is 17.3 Å². The number of nitrogens with one attached hydrogen (secondary N) is 1. The molecule has 0 heterocycles. The van der Waals surface area contributed by atoms with Gasteiger partial charge in [0.25, 0.3) is 11.6 Å². The van der Waals surface area contributed by atoms with Crippen LogP contribution in [0.1, 0.15) is 28.9 Å². The van der Waals surface area contributed by atoms with E-state index in [1.54, 1.807) is 25.9 Å². The van der Waals surface area contributed by atoms with Crippen molar-refractivity contribution in [2.24, 2.45) is 0 Å². The molecule has 25 heavy (non-hydrogen) atoms. The number of benzene rings is 2. The highest BCUT2D eigenvalue weighted by molar-refractivity contribution is 6.00. The highest BCUT2D eigenvalue weighted by atomic mass is 19.2. The lowest BCUT2D eigenvalue weighted by Crippen LogP contribution is -2.28. The number of nitrogens with zero attached hydrogens (tertiary/aromatic N) is 2. The number of hydrogen-bond acceptors (Lipinski definition) is 4. The lowest BCUT2D eigenvalue weighted by molar-refractivity contribution is -0.384. The number of rotatable bonds is 5. The van der Waals surface area contributed by atoms with Gasteiger partial charge in [0.1, 0.15) is 0 Å². The van der Waals surface area contributed by atoms with E-state index in [0.717, 1.165) is 12.1 Å².